The molecule has 1 aromatic carbocycles. The van der Waals surface area contributed by atoms with Crippen LogP contribution in [0.5, 0.6) is 0 Å². The normalized spacial score (nSPS) is 21.4. The fourth-order valence-corrected chi connectivity index (χ4v) is 1.88. The number of benzene rings is 1. The Balaban J connectivity index is 1.85. The van der Waals surface area contributed by atoms with Crippen LogP contribution in [0.25, 0.3) is 11.4 Å². The second-order valence-corrected chi connectivity index (χ2v) is 4.37. The highest BCUT2D eigenvalue weighted by Crippen LogP contribution is 2.47. The van der Waals surface area contributed by atoms with E-state index in [4.69, 9.17) is 9.63 Å². The van der Waals surface area contributed by atoms with Gasteiger partial charge in [0.15, 0.2) is 11.6 Å². The van der Waals surface area contributed by atoms with E-state index in [1.54, 1.807) is 0 Å². The Bertz CT molecular complexity index is 656. The minimum atomic E-state index is -1.00. The molecule has 2 unspecified atom stereocenters. The monoisotopic (exact) mass is 266 g/mol. The van der Waals surface area contributed by atoms with Crippen LogP contribution in [0.1, 0.15) is 18.2 Å². The molecule has 1 saturated carbocycles. The molecule has 0 saturated heterocycles. The summed E-state index contributed by atoms with van der Waals surface area (Å²) in [6.45, 7) is 0. The molecule has 0 bridgehead atoms. The average molecular weight is 266 g/mol. The van der Waals surface area contributed by atoms with Crippen molar-refractivity contribution in [3.05, 3.63) is 35.7 Å². The van der Waals surface area contributed by atoms with Crippen molar-refractivity contribution in [2.45, 2.75) is 12.3 Å². The smallest absolute Gasteiger partial charge is 0.307 e. The van der Waals surface area contributed by atoms with Crippen LogP contribution in [-0.4, -0.2) is 21.2 Å². The van der Waals surface area contributed by atoms with Crippen molar-refractivity contribution in [1.29, 1.82) is 0 Å². The molecule has 0 amide bonds. The van der Waals surface area contributed by atoms with Crippen molar-refractivity contribution in [2.24, 2.45) is 5.92 Å². The first-order chi connectivity index (χ1) is 9.06. The zero-order valence-electron chi connectivity index (χ0n) is 9.51. The van der Waals surface area contributed by atoms with Crippen LogP contribution in [0, 0.1) is 17.6 Å². The standard InChI is InChI=1S/C12H8F2N2O3/c13-8-2-1-5(3-9(8)14)10-15-11(19-16-10)6-4-7(6)12(17)18/h1-3,6-7H,4H2,(H,17,18). The molecule has 0 radical (unpaired) electrons. The summed E-state index contributed by atoms with van der Waals surface area (Å²) in [5, 5.41) is 12.4. The van der Waals surface area contributed by atoms with Crippen LogP contribution in [0.2, 0.25) is 0 Å². The number of rotatable bonds is 3. The zero-order valence-corrected chi connectivity index (χ0v) is 9.51. The molecule has 1 N–H and O–H groups in total. The van der Waals surface area contributed by atoms with Gasteiger partial charge in [-0.2, -0.15) is 4.98 Å². The molecule has 2 atom stereocenters. The van der Waals surface area contributed by atoms with Gasteiger partial charge in [-0.1, -0.05) is 5.16 Å². The summed E-state index contributed by atoms with van der Waals surface area (Å²) in [6, 6.07) is 3.26. The van der Waals surface area contributed by atoms with Crippen molar-refractivity contribution >= 4 is 5.97 Å². The Kier molecular flexibility index (Phi) is 2.55. The third-order valence-corrected chi connectivity index (χ3v) is 3.04. The summed E-state index contributed by atoms with van der Waals surface area (Å²) in [6.07, 6.45) is 0.453. The molecule has 3 rings (SSSR count). The topological polar surface area (TPSA) is 76.2 Å². The van der Waals surface area contributed by atoms with Gasteiger partial charge in [-0.3, -0.25) is 4.79 Å². The lowest BCUT2D eigenvalue weighted by Crippen LogP contribution is -1.98. The van der Waals surface area contributed by atoms with Gasteiger partial charge in [-0.05, 0) is 24.6 Å². The highest BCUT2D eigenvalue weighted by Gasteiger charge is 2.48. The fraction of sp³-hybridized carbons (Fsp3) is 0.250. The van der Waals surface area contributed by atoms with E-state index < -0.39 is 23.5 Å². The van der Waals surface area contributed by atoms with E-state index >= 15 is 0 Å². The predicted octanol–water partition coefficient (Wildman–Crippen LogP) is 2.20. The van der Waals surface area contributed by atoms with Gasteiger partial charge in [0.25, 0.3) is 0 Å². The van der Waals surface area contributed by atoms with Crippen molar-refractivity contribution in [3.63, 3.8) is 0 Å². The first-order valence-electron chi connectivity index (χ1n) is 5.58. The lowest BCUT2D eigenvalue weighted by Gasteiger charge is -1.95. The first-order valence-corrected chi connectivity index (χ1v) is 5.58. The van der Waals surface area contributed by atoms with Gasteiger partial charge in [0.05, 0.1) is 11.8 Å². The molecule has 1 aromatic heterocycles. The van der Waals surface area contributed by atoms with Crippen molar-refractivity contribution in [1.82, 2.24) is 10.1 Å². The number of hydrogen-bond acceptors (Lipinski definition) is 4. The molecule has 2 aromatic rings. The molecule has 19 heavy (non-hydrogen) atoms. The van der Waals surface area contributed by atoms with E-state index in [-0.39, 0.29) is 23.2 Å². The lowest BCUT2D eigenvalue weighted by molar-refractivity contribution is -0.138. The molecular formula is C12H8F2N2O3. The predicted molar refractivity (Wildman–Crippen MR) is 58.1 cm³/mol. The van der Waals surface area contributed by atoms with Gasteiger partial charge < -0.3 is 9.63 Å². The van der Waals surface area contributed by atoms with Crippen LogP contribution in [0.15, 0.2) is 22.7 Å². The summed E-state index contributed by atoms with van der Waals surface area (Å²) < 4.78 is 30.8. The number of carbonyl (C=O) groups is 1. The maximum Gasteiger partial charge on any atom is 0.307 e. The highest BCUT2D eigenvalue weighted by molar-refractivity contribution is 5.74. The molecule has 0 aliphatic heterocycles. The molecule has 7 heteroatoms. The summed E-state index contributed by atoms with van der Waals surface area (Å²) in [7, 11) is 0. The van der Waals surface area contributed by atoms with Gasteiger partial charge in [0, 0.05) is 5.56 Å². The van der Waals surface area contributed by atoms with Crippen LogP contribution in [0.4, 0.5) is 8.78 Å². The molecule has 5 nitrogen and oxygen atoms in total. The molecule has 0 spiro atoms. The molecule has 1 aliphatic rings. The number of carboxylic acids is 1. The Hall–Kier alpha value is -2.31. The zero-order chi connectivity index (χ0) is 13.6. The number of aromatic nitrogens is 2. The largest absolute Gasteiger partial charge is 0.481 e. The first kappa shape index (κ1) is 11.8. The number of hydrogen-bond donors (Lipinski definition) is 1. The van der Waals surface area contributed by atoms with Gasteiger partial charge in [0.2, 0.25) is 11.7 Å². The Labute approximate surface area is 105 Å². The second-order valence-electron chi connectivity index (χ2n) is 4.37. The summed E-state index contributed by atoms with van der Waals surface area (Å²) in [5.74, 6) is -3.32. The summed E-state index contributed by atoms with van der Waals surface area (Å²) >= 11 is 0. The molecule has 1 aliphatic carbocycles. The van der Waals surface area contributed by atoms with Gasteiger partial charge in [-0.15, -0.1) is 0 Å². The van der Waals surface area contributed by atoms with Gasteiger partial charge >= 0.3 is 5.97 Å². The van der Waals surface area contributed by atoms with Gasteiger partial charge in [-0.25, -0.2) is 8.78 Å². The second kappa shape index (κ2) is 4.11. The minimum Gasteiger partial charge on any atom is -0.481 e. The van der Waals surface area contributed by atoms with E-state index in [1.807, 2.05) is 0 Å². The maximum absolute atomic E-state index is 13.1. The minimum absolute atomic E-state index is 0.116. The quantitative estimate of drug-likeness (QED) is 0.921. The molecule has 1 fully saturated rings. The van der Waals surface area contributed by atoms with Crippen molar-refractivity contribution in [3.8, 4) is 11.4 Å². The Morgan fingerprint density at radius 3 is 2.79 bits per heavy atom. The SMILES string of the molecule is O=C(O)C1CC1c1nc(-c2ccc(F)c(F)c2)no1. The van der Waals surface area contributed by atoms with Crippen LogP contribution < -0.4 is 0 Å². The Morgan fingerprint density at radius 1 is 1.37 bits per heavy atom. The number of halogens is 2. The Morgan fingerprint density at radius 2 is 2.16 bits per heavy atom. The third-order valence-electron chi connectivity index (χ3n) is 3.04. The molecular weight excluding hydrogens is 258 g/mol. The van der Waals surface area contributed by atoms with E-state index in [2.05, 4.69) is 10.1 Å². The van der Waals surface area contributed by atoms with E-state index in [0.717, 1.165) is 12.1 Å². The summed E-state index contributed by atoms with van der Waals surface area (Å²) in [4.78, 5) is 14.7. The third kappa shape index (κ3) is 2.07. The highest BCUT2D eigenvalue weighted by atomic mass is 19.2. The van der Waals surface area contributed by atoms with Gasteiger partial charge in [0.1, 0.15) is 0 Å². The molecule has 1 heterocycles. The number of aliphatic carboxylic acids is 1. The van der Waals surface area contributed by atoms with Crippen molar-refractivity contribution in [2.75, 3.05) is 0 Å². The maximum atomic E-state index is 13.1. The number of carboxylic acid groups (broad SMARTS) is 1. The van der Waals surface area contributed by atoms with Crippen LogP contribution >= 0.6 is 0 Å². The molecule has 98 valence electrons. The van der Waals surface area contributed by atoms with Crippen molar-refractivity contribution < 1.29 is 23.2 Å². The summed E-state index contributed by atoms with van der Waals surface area (Å²) in [5.41, 5.74) is 0.279. The van der Waals surface area contributed by atoms with E-state index in [0.29, 0.717) is 6.42 Å². The number of nitrogens with zero attached hydrogens (tertiary/aromatic N) is 2. The van der Waals surface area contributed by atoms with Crippen LogP contribution in [-0.2, 0) is 4.79 Å². The fourth-order valence-electron chi connectivity index (χ4n) is 1.88. The lowest BCUT2D eigenvalue weighted by atomic mass is 10.2. The van der Waals surface area contributed by atoms with E-state index in [1.165, 1.54) is 6.07 Å². The van der Waals surface area contributed by atoms with E-state index in [9.17, 15) is 13.6 Å². The average Bonchev–Trinajstić information content (AvgIpc) is 3.04. The van der Waals surface area contributed by atoms with Crippen LogP contribution in [0.3, 0.4) is 0 Å².